The molecule has 0 bridgehead atoms. The number of ketones is 2. The molecule has 0 aromatic heterocycles. The van der Waals surface area contributed by atoms with Crippen molar-refractivity contribution in [3.63, 3.8) is 0 Å². The van der Waals surface area contributed by atoms with Gasteiger partial charge in [0.2, 0.25) is 29.0 Å². The van der Waals surface area contributed by atoms with Crippen molar-refractivity contribution in [2.75, 3.05) is 11.5 Å². The molecule has 3 aliphatic rings. The molecule has 3 aromatic rings. The highest BCUT2D eigenvalue weighted by atomic mass is 16.5. The fourth-order valence-corrected chi connectivity index (χ4v) is 5.62. The molecule has 0 radical (unpaired) electrons. The number of carbonyl (C=O) groups is 4. The summed E-state index contributed by atoms with van der Waals surface area (Å²) in [4.78, 5) is 56.5. The van der Waals surface area contributed by atoms with Crippen molar-refractivity contribution in [3.8, 4) is 5.75 Å². The highest BCUT2D eigenvalue weighted by molar-refractivity contribution is 6.37. The molecule has 7 heteroatoms. The normalized spacial score (nSPS) is 24.3. The Morgan fingerprint density at radius 1 is 0.800 bits per heavy atom. The van der Waals surface area contributed by atoms with Crippen LogP contribution in [0.5, 0.6) is 5.75 Å². The van der Waals surface area contributed by atoms with Crippen molar-refractivity contribution in [1.29, 1.82) is 0 Å². The number of imide groups is 1. The van der Waals surface area contributed by atoms with Crippen molar-refractivity contribution in [1.82, 2.24) is 0 Å². The van der Waals surface area contributed by atoms with Gasteiger partial charge in [0.1, 0.15) is 5.75 Å². The zero-order valence-electron chi connectivity index (χ0n) is 18.8. The van der Waals surface area contributed by atoms with Gasteiger partial charge in [0.05, 0.1) is 30.2 Å². The van der Waals surface area contributed by atoms with Crippen LogP contribution >= 0.6 is 0 Å². The second kappa shape index (κ2) is 7.71. The van der Waals surface area contributed by atoms with Gasteiger partial charge in [0.15, 0.2) is 0 Å². The zero-order chi connectivity index (χ0) is 24.3. The third-order valence-corrected chi connectivity index (χ3v) is 7.05. The summed E-state index contributed by atoms with van der Waals surface area (Å²) in [5.41, 5.74) is -0.762. The van der Waals surface area contributed by atoms with Gasteiger partial charge in [-0.1, -0.05) is 66.7 Å². The Morgan fingerprint density at radius 3 is 2.06 bits per heavy atom. The van der Waals surface area contributed by atoms with Gasteiger partial charge >= 0.3 is 0 Å². The number of carbonyl (C=O) groups excluding carboxylic acids is 4. The number of nitrogens with zero attached hydrogens (tertiary/aromatic N) is 1. The Balaban J connectivity index is 1.54. The van der Waals surface area contributed by atoms with Gasteiger partial charge < -0.3 is 9.47 Å². The highest BCUT2D eigenvalue weighted by Crippen LogP contribution is 2.58. The lowest BCUT2D eigenvalue weighted by atomic mass is 9.77. The van der Waals surface area contributed by atoms with Gasteiger partial charge in [-0.2, -0.15) is 0 Å². The molecule has 3 atom stereocenters. The van der Waals surface area contributed by atoms with Gasteiger partial charge in [0.25, 0.3) is 0 Å². The Morgan fingerprint density at radius 2 is 1.40 bits per heavy atom. The number of benzene rings is 3. The number of ether oxygens (including phenoxy) is 2. The number of Topliss-reactive ketones (excluding diaryl/α,β-unsaturated/α-hetero) is 2. The third-order valence-electron chi connectivity index (χ3n) is 7.05. The average Bonchev–Trinajstić information content (AvgIpc) is 3.45. The molecule has 7 nitrogen and oxygen atoms in total. The Kier molecular flexibility index (Phi) is 4.72. The van der Waals surface area contributed by atoms with Crippen molar-refractivity contribution >= 4 is 29.1 Å². The van der Waals surface area contributed by atoms with E-state index in [4.69, 9.17) is 9.47 Å². The first kappa shape index (κ1) is 21.4. The van der Waals surface area contributed by atoms with E-state index in [-0.39, 0.29) is 16.8 Å². The molecule has 3 aromatic carbocycles. The molecule has 0 N–H and O–H groups in total. The highest BCUT2D eigenvalue weighted by Gasteiger charge is 2.74. The van der Waals surface area contributed by atoms with Crippen LogP contribution in [0.2, 0.25) is 0 Å². The van der Waals surface area contributed by atoms with Crippen molar-refractivity contribution < 1.29 is 28.7 Å². The first-order valence-corrected chi connectivity index (χ1v) is 11.5. The van der Waals surface area contributed by atoms with Crippen LogP contribution in [0.1, 0.15) is 39.3 Å². The molecule has 2 heterocycles. The van der Waals surface area contributed by atoms with Crippen LogP contribution in [0.4, 0.5) is 5.69 Å². The Bertz CT molecular complexity index is 1360. The maximum Gasteiger partial charge on any atom is 0.241 e. The number of hydrogen-bond acceptors (Lipinski definition) is 6. The summed E-state index contributed by atoms with van der Waals surface area (Å²) in [6, 6.07) is 22.1. The standard InChI is InChI=1S/C28H21NO6/c1-2-34-20-15-9-8-14-19(20)29-26(32)21-22(27(29)33)28(35-23(21)16-10-4-3-5-11-16)24(30)17-12-6-7-13-18(17)25(28)31/h3-15,21-23H,2H2,1H3/t21-,22-,23-/m0/s1. The minimum absolute atomic E-state index is 0.207. The largest absolute Gasteiger partial charge is 0.492 e. The first-order valence-electron chi connectivity index (χ1n) is 11.5. The van der Waals surface area contributed by atoms with Gasteiger partial charge in [-0.05, 0) is 24.6 Å². The fraction of sp³-hybridized carbons (Fsp3) is 0.214. The van der Waals surface area contributed by atoms with E-state index in [0.717, 1.165) is 4.90 Å². The molecule has 2 saturated heterocycles. The number of para-hydroxylation sites is 2. The zero-order valence-corrected chi connectivity index (χ0v) is 18.8. The van der Waals surface area contributed by atoms with E-state index in [1.807, 2.05) is 6.07 Å². The summed E-state index contributed by atoms with van der Waals surface area (Å²) in [5, 5.41) is 0. The SMILES string of the molecule is CCOc1ccccc1N1C(=O)[C@H]2[C@@H](C1=O)C1(O[C@H]2c2ccccc2)C(=O)c2ccccc2C1=O. The number of fused-ring (bicyclic) bond motifs is 3. The van der Waals surface area contributed by atoms with Crippen molar-refractivity contribution in [2.24, 2.45) is 11.8 Å². The first-order chi connectivity index (χ1) is 17.0. The lowest BCUT2D eigenvalue weighted by Gasteiger charge is -2.27. The van der Waals surface area contributed by atoms with Crippen LogP contribution in [0.3, 0.4) is 0 Å². The summed E-state index contributed by atoms with van der Waals surface area (Å²) in [6.45, 7) is 2.15. The van der Waals surface area contributed by atoms with Crippen molar-refractivity contribution in [3.05, 3.63) is 95.6 Å². The topological polar surface area (TPSA) is 90.0 Å². The van der Waals surface area contributed by atoms with Gasteiger partial charge in [-0.25, -0.2) is 4.90 Å². The molecule has 2 fully saturated rings. The van der Waals surface area contributed by atoms with Crippen LogP contribution in [0.25, 0.3) is 0 Å². The van der Waals surface area contributed by atoms with E-state index < -0.39 is 46.9 Å². The maximum atomic E-state index is 14.0. The lowest BCUT2D eigenvalue weighted by Crippen LogP contribution is -2.51. The molecular weight excluding hydrogens is 446 g/mol. The second-order valence-electron chi connectivity index (χ2n) is 8.80. The summed E-state index contributed by atoms with van der Waals surface area (Å²) >= 11 is 0. The summed E-state index contributed by atoms with van der Waals surface area (Å²) < 4.78 is 12.0. The number of anilines is 1. The minimum Gasteiger partial charge on any atom is -0.492 e. The third kappa shape index (κ3) is 2.76. The molecule has 0 saturated carbocycles. The lowest BCUT2D eigenvalue weighted by molar-refractivity contribution is -0.127. The molecule has 2 aliphatic heterocycles. The number of hydrogen-bond donors (Lipinski definition) is 0. The van der Waals surface area contributed by atoms with E-state index in [2.05, 4.69) is 0 Å². The quantitative estimate of drug-likeness (QED) is 0.429. The molecule has 174 valence electrons. The van der Waals surface area contributed by atoms with Crippen LogP contribution in [0, 0.1) is 11.8 Å². The second-order valence-corrected chi connectivity index (χ2v) is 8.80. The van der Waals surface area contributed by atoms with Crippen LogP contribution in [-0.4, -0.2) is 35.6 Å². The predicted molar refractivity (Wildman–Crippen MR) is 125 cm³/mol. The molecule has 1 aliphatic carbocycles. The predicted octanol–water partition coefficient (Wildman–Crippen LogP) is 3.78. The van der Waals surface area contributed by atoms with E-state index in [9.17, 15) is 19.2 Å². The van der Waals surface area contributed by atoms with E-state index >= 15 is 0 Å². The summed E-state index contributed by atoms with van der Waals surface area (Å²) in [7, 11) is 0. The summed E-state index contributed by atoms with van der Waals surface area (Å²) in [6.07, 6.45) is -0.941. The smallest absolute Gasteiger partial charge is 0.241 e. The number of rotatable bonds is 4. The molecule has 6 rings (SSSR count). The Hall–Kier alpha value is -4.10. The van der Waals surface area contributed by atoms with Crippen LogP contribution in [-0.2, 0) is 14.3 Å². The van der Waals surface area contributed by atoms with Gasteiger partial charge in [0, 0.05) is 11.1 Å². The monoisotopic (exact) mass is 467 g/mol. The van der Waals surface area contributed by atoms with Gasteiger partial charge in [-0.15, -0.1) is 0 Å². The Labute approximate surface area is 201 Å². The van der Waals surface area contributed by atoms with E-state index in [1.165, 1.54) is 0 Å². The van der Waals surface area contributed by atoms with Crippen molar-refractivity contribution in [2.45, 2.75) is 18.6 Å². The number of amides is 2. The van der Waals surface area contributed by atoms with E-state index in [1.54, 1.807) is 79.7 Å². The van der Waals surface area contributed by atoms with Crippen LogP contribution in [0.15, 0.2) is 78.9 Å². The molecule has 35 heavy (non-hydrogen) atoms. The summed E-state index contributed by atoms with van der Waals surface area (Å²) in [5.74, 6) is -4.27. The maximum absolute atomic E-state index is 14.0. The molecule has 2 amide bonds. The molecule has 0 unspecified atom stereocenters. The average molecular weight is 467 g/mol. The fourth-order valence-electron chi connectivity index (χ4n) is 5.62. The van der Waals surface area contributed by atoms with E-state index in [0.29, 0.717) is 17.9 Å². The molecule has 1 spiro atoms. The van der Waals surface area contributed by atoms with Gasteiger partial charge in [-0.3, -0.25) is 19.2 Å². The molecular formula is C28H21NO6. The minimum atomic E-state index is -2.09. The van der Waals surface area contributed by atoms with Crippen LogP contribution < -0.4 is 9.64 Å².